The lowest BCUT2D eigenvalue weighted by atomic mass is 9.66. The molecule has 1 aliphatic heterocycles. The molecule has 1 aromatic carbocycles. The summed E-state index contributed by atoms with van der Waals surface area (Å²) in [5.41, 5.74) is 4.50. The van der Waals surface area contributed by atoms with Crippen molar-refractivity contribution in [2.45, 2.75) is 45.1 Å². The van der Waals surface area contributed by atoms with Gasteiger partial charge in [0, 0.05) is 12.0 Å². The summed E-state index contributed by atoms with van der Waals surface area (Å²) in [6, 6.07) is 5.49. The van der Waals surface area contributed by atoms with Gasteiger partial charge in [0.2, 0.25) is 0 Å². The van der Waals surface area contributed by atoms with Crippen molar-refractivity contribution in [2.75, 3.05) is 6.54 Å². The first-order valence-corrected chi connectivity index (χ1v) is 7.92. The topological polar surface area (TPSA) is 78.4 Å². The Balaban J connectivity index is 1.92. The number of hydroxylamine groups is 1. The summed E-state index contributed by atoms with van der Waals surface area (Å²) in [4.78, 5) is 23.9. The van der Waals surface area contributed by atoms with Crippen molar-refractivity contribution in [1.29, 1.82) is 0 Å². The minimum Gasteiger partial charge on any atom is -0.307 e. The average Bonchev–Trinajstić information content (AvgIpc) is 2.95. The van der Waals surface area contributed by atoms with Crippen LogP contribution >= 0.6 is 0 Å². The van der Waals surface area contributed by atoms with Gasteiger partial charge in [0.25, 0.3) is 5.91 Å². The number of carbonyl (C=O) groups excluding carboxylic acids is 2. The van der Waals surface area contributed by atoms with Crippen LogP contribution < -0.4 is 10.8 Å². The highest BCUT2D eigenvalue weighted by molar-refractivity contribution is 5.93. The number of rotatable bonds is 3. The molecule has 1 heterocycles. The van der Waals surface area contributed by atoms with Gasteiger partial charge in [-0.2, -0.15) is 0 Å². The summed E-state index contributed by atoms with van der Waals surface area (Å²) in [6.45, 7) is 2.79. The van der Waals surface area contributed by atoms with E-state index in [0.29, 0.717) is 12.0 Å². The van der Waals surface area contributed by atoms with Gasteiger partial charge in [-0.1, -0.05) is 13.0 Å². The Kier molecular flexibility index (Phi) is 4.02. The van der Waals surface area contributed by atoms with Gasteiger partial charge in [0.1, 0.15) is 5.78 Å². The third kappa shape index (κ3) is 2.44. The maximum absolute atomic E-state index is 12.3. The highest BCUT2D eigenvalue weighted by Gasteiger charge is 2.47. The lowest BCUT2D eigenvalue weighted by Crippen LogP contribution is -2.46. The smallest absolute Gasteiger partial charge is 0.274 e. The molecule has 1 aromatic rings. The van der Waals surface area contributed by atoms with Crippen LogP contribution in [0.15, 0.2) is 18.2 Å². The van der Waals surface area contributed by atoms with Crippen LogP contribution in [0.1, 0.15) is 47.7 Å². The number of Topliss-reactive ketones (excluding diaryl/α,β-unsaturated/α-hetero) is 1. The molecule has 1 unspecified atom stereocenters. The summed E-state index contributed by atoms with van der Waals surface area (Å²) in [6.07, 6.45) is 4.32. The second kappa shape index (κ2) is 5.82. The number of benzene rings is 1. The Hall–Kier alpha value is -1.72. The highest BCUT2D eigenvalue weighted by atomic mass is 16.5. The molecule has 1 saturated heterocycles. The van der Waals surface area contributed by atoms with E-state index >= 15 is 0 Å². The Morgan fingerprint density at radius 2 is 2.18 bits per heavy atom. The predicted octanol–water partition coefficient (Wildman–Crippen LogP) is 1.62. The Morgan fingerprint density at radius 3 is 2.91 bits per heavy atom. The number of aryl methyl sites for hydroxylation is 1. The first-order valence-electron chi connectivity index (χ1n) is 7.92. The fourth-order valence-corrected chi connectivity index (χ4v) is 4.04. The molecule has 2 aliphatic rings. The van der Waals surface area contributed by atoms with Gasteiger partial charge in [-0.3, -0.25) is 14.8 Å². The normalized spacial score (nSPS) is 26.7. The van der Waals surface area contributed by atoms with Crippen LogP contribution in [0.3, 0.4) is 0 Å². The highest BCUT2D eigenvalue weighted by Crippen LogP contribution is 2.44. The zero-order chi connectivity index (χ0) is 15.7. The SMILES string of the molecule is CCC(=O)C1NCC[C@]12CCc1ccc(C(=O)NO)cc1C2. The standard InChI is InChI=1S/C17H22N2O3/c1-2-14(20)15-17(7-8-18-15)6-5-11-3-4-12(16(21)19-22)9-13(11)10-17/h3-4,9,15,18,22H,2,5-8,10H2,1H3,(H,19,21)/t15?,17-/m0/s1. The van der Waals surface area contributed by atoms with Crippen molar-refractivity contribution in [2.24, 2.45) is 5.41 Å². The minimum absolute atomic E-state index is 0.0194. The summed E-state index contributed by atoms with van der Waals surface area (Å²) >= 11 is 0. The van der Waals surface area contributed by atoms with Crippen LogP contribution in [0.5, 0.6) is 0 Å². The van der Waals surface area contributed by atoms with Crippen molar-refractivity contribution < 1.29 is 14.8 Å². The number of fused-ring (bicyclic) bond motifs is 1. The fourth-order valence-electron chi connectivity index (χ4n) is 4.04. The van der Waals surface area contributed by atoms with Crippen LogP contribution in [0.2, 0.25) is 0 Å². The number of hydrogen-bond donors (Lipinski definition) is 3. The molecule has 0 bridgehead atoms. The molecule has 118 valence electrons. The van der Waals surface area contributed by atoms with Crippen LogP contribution in [-0.4, -0.2) is 29.5 Å². The van der Waals surface area contributed by atoms with Gasteiger partial charge in [-0.25, -0.2) is 5.48 Å². The van der Waals surface area contributed by atoms with Gasteiger partial charge in [-0.15, -0.1) is 0 Å². The first kappa shape index (κ1) is 15.2. The first-order chi connectivity index (χ1) is 10.6. The molecule has 3 rings (SSSR count). The van der Waals surface area contributed by atoms with E-state index in [1.165, 1.54) is 5.56 Å². The van der Waals surface area contributed by atoms with Gasteiger partial charge in [0.05, 0.1) is 6.04 Å². The summed E-state index contributed by atoms with van der Waals surface area (Å²) in [5, 5.41) is 12.2. The zero-order valence-electron chi connectivity index (χ0n) is 12.8. The van der Waals surface area contributed by atoms with E-state index in [1.54, 1.807) is 11.5 Å². The molecule has 1 amide bonds. The zero-order valence-corrected chi connectivity index (χ0v) is 12.8. The number of hydrogen-bond acceptors (Lipinski definition) is 4. The number of amides is 1. The largest absolute Gasteiger partial charge is 0.307 e. The molecule has 1 aliphatic carbocycles. The number of ketones is 1. The van der Waals surface area contributed by atoms with Crippen molar-refractivity contribution in [1.82, 2.24) is 10.8 Å². The van der Waals surface area contributed by atoms with Crippen molar-refractivity contribution in [3.63, 3.8) is 0 Å². The molecule has 2 atom stereocenters. The molecule has 5 heteroatoms. The van der Waals surface area contributed by atoms with Crippen molar-refractivity contribution in [3.8, 4) is 0 Å². The summed E-state index contributed by atoms with van der Waals surface area (Å²) < 4.78 is 0. The van der Waals surface area contributed by atoms with Crippen LogP contribution in [-0.2, 0) is 17.6 Å². The van der Waals surface area contributed by atoms with Gasteiger partial charge >= 0.3 is 0 Å². The van der Waals surface area contributed by atoms with Crippen molar-refractivity contribution in [3.05, 3.63) is 34.9 Å². The third-order valence-electron chi connectivity index (χ3n) is 5.26. The predicted molar refractivity (Wildman–Crippen MR) is 81.9 cm³/mol. The van der Waals surface area contributed by atoms with E-state index < -0.39 is 5.91 Å². The van der Waals surface area contributed by atoms with E-state index in [2.05, 4.69) is 5.32 Å². The Bertz CT molecular complexity index is 614. The van der Waals surface area contributed by atoms with Crippen LogP contribution in [0.25, 0.3) is 0 Å². The maximum atomic E-state index is 12.3. The van der Waals surface area contributed by atoms with Gasteiger partial charge in [-0.05, 0) is 60.9 Å². The molecule has 1 spiro atoms. The fraction of sp³-hybridized carbons (Fsp3) is 0.529. The van der Waals surface area contributed by atoms with Crippen LogP contribution in [0, 0.1) is 5.41 Å². The minimum atomic E-state index is -0.492. The number of nitrogens with one attached hydrogen (secondary N) is 2. The van der Waals surface area contributed by atoms with E-state index in [0.717, 1.165) is 37.8 Å². The van der Waals surface area contributed by atoms with E-state index in [4.69, 9.17) is 5.21 Å². The average molecular weight is 302 g/mol. The van der Waals surface area contributed by atoms with E-state index in [1.807, 2.05) is 19.1 Å². The summed E-state index contributed by atoms with van der Waals surface area (Å²) in [7, 11) is 0. The Labute approximate surface area is 130 Å². The molecule has 0 aromatic heterocycles. The molecule has 1 fully saturated rings. The molecule has 0 saturated carbocycles. The lowest BCUT2D eigenvalue weighted by Gasteiger charge is -2.39. The molecule has 0 radical (unpaired) electrons. The molecule has 3 N–H and O–H groups in total. The molecule has 5 nitrogen and oxygen atoms in total. The molecule has 22 heavy (non-hydrogen) atoms. The van der Waals surface area contributed by atoms with Gasteiger partial charge in [0.15, 0.2) is 0 Å². The second-order valence-corrected chi connectivity index (χ2v) is 6.42. The van der Waals surface area contributed by atoms with Gasteiger partial charge < -0.3 is 5.32 Å². The molecular weight excluding hydrogens is 280 g/mol. The molecular formula is C17H22N2O3. The second-order valence-electron chi connectivity index (χ2n) is 6.42. The number of carbonyl (C=O) groups is 2. The quantitative estimate of drug-likeness (QED) is 0.586. The lowest BCUT2D eigenvalue weighted by molar-refractivity contribution is -0.123. The van der Waals surface area contributed by atoms with E-state index in [-0.39, 0.29) is 17.2 Å². The Morgan fingerprint density at radius 1 is 1.36 bits per heavy atom. The monoisotopic (exact) mass is 302 g/mol. The maximum Gasteiger partial charge on any atom is 0.274 e. The summed E-state index contributed by atoms with van der Waals surface area (Å²) in [5.74, 6) is -0.210. The van der Waals surface area contributed by atoms with E-state index in [9.17, 15) is 9.59 Å². The van der Waals surface area contributed by atoms with Crippen molar-refractivity contribution >= 4 is 11.7 Å². The van der Waals surface area contributed by atoms with Crippen LogP contribution in [0.4, 0.5) is 0 Å². The third-order valence-corrected chi connectivity index (χ3v) is 5.26.